The second-order valence-corrected chi connectivity index (χ2v) is 5.78. The lowest BCUT2D eigenvalue weighted by atomic mass is 10.1. The maximum absolute atomic E-state index is 12.1. The SMILES string of the molecule is Cc1ccc(C)c(OC(C)C(=O)NNC(=O)c2ccc([N+](=O)[O-])cc2)c1. The molecule has 0 radical (unpaired) electrons. The molecule has 0 aliphatic rings. The Morgan fingerprint density at radius 2 is 1.73 bits per heavy atom. The van der Waals surface area contributed by atoms with Gasteiger partial charge in [-0.2, -0.15) is 0 Å². The summed E-state index contributed by atoms with van der Waals surface area (Å²) in [5.41, 5.74) is 6.48. The Bertz CT molecular complexity index is 833. The highest BCUT2D eigenvalue weighted by atomic mass is 16.6. The number of rotatable bonds is 5. The summed E-state index contributed by atoms with van der Waals surface area (Å²) in [7, 11) is 0. The van der Waals surface area contributed by atoms with Gasteiger partial charge in [0.15, 0.2) is 6.10 Å². The maximum atomic E-state index is 12.1. The first-order chi connectivity index (χ1) is 12.3. The van der Waals surface area contributed by atoms with Gasteiger partial charge in [-0.1, -0.05) is 12.1 Å². The van der Waals surface area contributed by atoms with Crippen molar-refractivity contribution in [2.24, 2.45) is 0 Å². The van der Waals surface area contributed by atoms with Crippen LogP contribution in [0.1, 0.15) is 28.4 Å². The number of carbonyl (C=O) groups is 2. The normalized spacial score (nSPS) is 11.3. The van der Waals surface area contributed by atoms with Crippen molar-refractivity contribution in [3.8, 4) is 5.75 Å². The van der Waals surface area contributed by atoms with Crippen LogP contribution in [0, 0.1) is 24.0 Å². The molecule has 0 spiro atoms. The number of amides is 2. The number of carbonyl (C=O) groups excluding carboxylic acids is 2. The van der Waals surface area contributed by atoms with Gasteiger partial charge in [0.05, 0.1) is 4.92 Å². The predicted molar refractivity (Wildman–Crippen MR) is 94.7 cm³/mol. The number of benzene rings is 2. The molecular formula is C18H19N3O5. The van der Waals surface area contributed by atoms with Crippen molar-refractivity contribution in [2.45, 2.75) is 26.9 Å². The van der Waals surface area contributed by atoms with E-state index in [4.69, 9.17) is 4.74 Å². The van der Waals surface area contributed by atoms with Gasteiger partial charge in [0, 0.05) is 17.7 Å². The molecule has 0 aliphatic heterocycles. The van der Waals surface area contributed by atoms with Crippen molar-refractivity contribution < 1.29 is 19.2 Å². The van der Waals surface area contributed by atoms with Crippen molar-refractivity contribution in [1.29, 1.82) is 0 Å². The van der Waals surface area contributed by atoms with Crippen LogP contribution < -0.4 is 15.6 Å². The maximum Gasteiger partial charge on any atom is 0.279 e. The Kier molecular flexibility index (Phi) is 5.90. The number of nitrogens with one attached hydrogen (secondary N) is 2. The molecule has 1 atom stereocenters. The molecule has 2 aromatic rings. The lowest BCUT2D eigenvalue weighted by molar-refractivity contribution is -0.384. The third-order valence-electron chi connectivity index (χ3n) is 3.66. The Morgan fingerprint density at radius 1 is 1.08 bits per heavy atom. The number of hydrogen-bond acceptors (Lipinski definition) is 5. The van der Waals surface area contributed by atoms with E-state index in [1.54, 1.807) is 6.92 Å². The number of non-ortho nitro benzene ring substituents is 1. The number of hydrogen-bond donors (Lipinski definition) is 2. The van der Waals surface area contributed by atoms with Crippen molar-refractivity contribution in [3.05, 3.63) is 69.3 Å². The molecule has 0 aliphatic carbocycles. The monoisotopic (exact) mass is 357 g/mol. The summed E-state index contributed by atoms with van der Waals surface area (Å²) in [6.45, 7) is 5.35. The van der Waals surface area contributed by atoms with Gasteiger partial charge in [0.1, 0.15) is 5.75 Å². The van der Waals surface area contributed by atoms with E-state index in [1.807, 2.05) is 32.0 Å². The highest BCUT2D eigenvalue weighted by molar-refractivity contribution is 5.95. The molecular weight excluding hydrogens is 338 g/mol. The fourth-order valence-corrected chi connectivity index (χ4v) is 2.10. The Balaban J connectivity index is 1.91. The van der Waals surface area contributed by atoms with Crippen LogP contribution >= 0.6 is 0 Å². The van der Waals surface area contributed by atoms with Gasteiger partial charge >= 0.3 is 0 Å². The first-order valence-corrected chi connectivity index (χ1v) is 7.86. The van der Waals surface area contributed by atoms with Crippen LogP contribution in [-0.4, -0.2) is 22.8 Å². The molecule has 0 bridgehead atoms. The molecule has 2 amide bonds. The molecule has 2 rings (SSSR count). The standard InChI is InChI=1S/C18H19N3O5/c1-11-4-5-12(2)16(10-11)26-13(3)17(22)19-20-18(23)14-6-8-15(9-7-14)21(24)25/h4-10,13H,1-3H3,(H,19,22)(H,20,23). The highest BCUT2D eigenvalue weighted by Gasteiger charge is 2.17. The first kappa shape index (κ1) is 18.9. The van der Waals surface area contributed by atoms with Gasteiger partial charge in [0.2, 0.25) is 0 Å². The number of nitro groups is 1. The van der Waals surface area contributed by atoms with Crippen LogP contribution in [0.15, 0.2) is 42.5 Å². The zero-order chi connectivity index (χ0) is 19.3. The molecule has 2 N–H and O–H groups in total. The quantitative estimate of drug-likeness (QED) is 0.631. The van der Waals surface area contributed by atoms with Crippen LogP contribution in [0.3, 0.4) is 0 Å². The van der Waals surface area contributed by atoms with Gasteiger partial charge in [-0.25, -0.2) is 0 Å². The molecule has 1 unspecified atom stereocenters. The minimum absolute atomic E-state index is 0.124. The number of hydrazine groups is 1. The summed E-state index contributed by atoms with van der Waals surface area (Å²) >= 11 is 0. The van der Waals surface area contributed by atoms with E-state index in [1.165, 1.54) is 24.3 Å². The fraction of sp³-hybridized carbons (Fsp3) is 0.222. The van der Waals surface area contributed by atoms with E-state index in [2.05, 4.69) is 10.9 Å². The average molecular weight is 357 g/mol. The third kappa shape index (κ3) is 4.79. The van der Waals surface area contributed by atoms with E-state index in [9.17, 15) is 19.7 Å². The predicted octanol–water partition coefficient (Wildman–Crippen LogP) is 2.44. The molecule has 26 heavy (non-hydrogen) atoms. The van der Waals surface area contributed by atoms with Crippen molar-refractivity contribution in [1.82, 2.24) is 10.9 Å². The van der Waals surface area contributed by atoms with Gasteiger partial charge < -0.3 is 4.74 Å². The van der Waals surface area contributed by atoms with Gasteiger partial charge in [-0.3, -0.25) is 30.6 Å². The second kappa shape index (κ2) is 8.11. The van der Waals surface area contributed by atoms with E-state index in [0.29, 0.717) is 5.75 Å². The first-order valence-electron chi connectivity index (χ1n) is 7.86. The van der Waals surface area contributed by atoms with E-state index < -0.39 is 22.8 Å². The van der Waals surface area contributed by atoms with Gasteiger partial charge in [-0.05, 0) is 50.1 Å². The number of ether oxygens (including phenoxy) is 1. The number of nitrogens with zero attached hydrogens (tertiary/aromatic N) is 1. The summed E-state index contributed by atoms with van der Waals surface area (Å²) in [6.07, 6.45) is -0.826. The second-order valence-electron chi connectivity index (χ2n) is 5.78. The lowest BCUT2D eigenvalue weighted by Gasteiger charge is -2.17. The Labute approximate surface area is 150 Å². The van der Waals surface area contributed by atoms with Crippen molar-refractivity contribution in [2.75, 3.05) is 0 Å². The lowest BCUT2D eigenvalue weighted by Crippen LogP contribution is -2.47. The van der Waals surface area contributed by atoms with Crippen LogP contribution in [0.5, 0.6) is 5.75 Å². The van der Waals surface area contributed by atoms with Crippen LogP contribution in [0.4, 0.5) is 5.69 Å². The molecule has 136 valence electrons. The topological polar surface area (TPSA) is 111 Å². The number of nitro benzene ring substituents is 1. The summed E-state index contributed by atoms with van der Waals surface area (Å²) in [5.74, 6) is -0.525. The zero-order valence-electron chi connectivity index (χ0n) is 14.6. The molecule has 0 heterocycles. The van der Waals surface area contributed by atoms with Crippen molar-refractivity contribution >= 4 is 17.5 Å². The van der Waals surface area contributed by atoms with Crippen LogP contribution in [-0.2, 0) is 4.79 Å². The zero-order valence-corrected chi connectivity index (χ0v) is 14.6. The minimum Gasteiger partial charge on any atom is -0.481 e. The highest BCUT2D eigenvalue weighted by Crippen LogP contribution is 2.20. The van der Waals surface area contributed by atoms with Gasteiger partial charge in [-0.15, -0.1) is 0 Å². The largest absolute Gasteiger partial charge is 0.481 e. The third-order valence-corrected chi connectivity index (χ3v) is 3.66. The van der Waals surface area contributed by atoms with Crippen LogP contribution in [0.2, 0.25) is 0 Å². The summed E-state index contributed by atoms with van der Waals surface area (Å²) < 4.78 is 5.63. The Morgan fingerprint density at radius 3 is 2.35 bits per heavy atom. The molecule has 0 fully saturated rings. The minimum atomic E-state index is -0.826. The molecule has 8 nitrogen and oxygen atoms in total. The van der Waals surface area contributed by atoms with Gasteiger partial charge in [0.25, 0.3) is 17.5 Å². The van der Waals surface area contributed by atoms with E-state index in [-0.39, 0.29) is 11.3 Å². The Hall–Kier alpha value is -3.42. The summed E-state index contributed by atoms with van der Waals surface area (Å²) in [4.78, 5) is 34.1. The van der Waals surface area contributed by atoms with Crippen LogP contribution in [0.25, 0.3) is 0 Å². The van der Waals surface area contributed by atoms with E-state index >= 15 is 0 Å². The molecule has 0 saturated carbocycles. The summed E-state index contributed by atoms with van der Waals surface area (Å²) in [6, 6.07) is 10.7. The van der Waals surface area contributed by atoms with E-state index in [0.717, 1.165) is 11.1 Å². The molecule has 2 aromatic carbocycles. The molecule has 0 aromatic heterocycles. The smallest absolute Gasteiger partial charge is 0.279 e. The number of aryl methyl sites for hydroxylation is 2. The summed E-state index contributed by atoms with van der Waals surface area (Å²) in [5, 5.41) is 10.6. The molecule has 0 saturated heterocycles. The fourth-order valence-electron chi connectivity index (χ4n) is 2.10. The average Bonchev–Trinajstić information content (AvgIpc) is 2.62. The van der Waals surface area contributed by atoms with Crippen molar-refractivity contribution in [3.63, 3.8) is 0 Å². The molecule has 8 heteroatoms.